The predicted octanol–water partition coefficient (Wildman–Crippen LogP) is 4.38. The molecule has 0 aromatic heterocycles. The van der Waals surface area contributed by atoms with Gasteiger partial charge in [-0.05, 0) is 39.2 Å². The summed E-state index contributed by atoms with van der Waals surface area (Å²) in [4.78, 5) is 26.5. The van der Waals surface area contributed by atoms with Gasteiger partial charge in [-0.1, -0.05) is 45.4 Å². The van der Waals surface area contributed by atoms with Crippen LogP contribution in [0.5, 0.6) is 0 Å². The van der Waals surface area contributed by atoms with Crippen molar-refractivity contribution in [1.29, 1.82) is 0 Å². The molecule has 0 bridgehead atoms. The smallest absolute Gasteiger partial charge is 0.333 e. The van der Waals surface area contributed by atoms with Crippen molar-refractivity contribution >= 4 is 11.9 Å². The van der Waals surface area contributed by atoms with Crippen LogP contribution < -0.4 is 0 Å². The predicted molar refractivity (Wildman–Crippen MR) is 108 cm³/mol. The summed E-state index contributed by atoms with van der Waals surface area (Å²) < 4.78 is 5.44. The van der Waals surface area contributed by atoms with E-state index >= 15 is 0 Å². The number of nitrogens with zero attached hydrogens (tertiary/aromatic N) is 1. The van der Waals surface area contributed by atoms with Gasteiger partial charge in [0.25, 0.3) is 0 Å². The Hall–Kier alpha value is -1.36. The normalized spacial score (nSPS) is 18.6. The van der Waals surface area contributed by atoms with Crippen molar-refractivity contribution in [3.05, 3.63) is 11.6 Å². The Morgan fingerprint density at radius 1 is 1.19 bits per heavy atom. The maximum atomic E-state index is 12.6. The highest BCUT2D eigenvalue weighted by atomic mass is 16.5. The molecule has 156 valence electrons. The number of ether oxygens (including phenoxy) is 1. The highest BCUT2D eigenvalue weighted by molar-refractivity contribution is 5.87. The van der Waals surface area contributed by atoms with E-state index in [1.165, 1.54) is 38.2 Å². The molecule has 0 radical (unpaired) electrons. The zero-order chi connectivity index (χ0) is 20.1. The molecule has 2 atom stereocenters. The molecule has 0 spiro atoms. The van der Waals surface area contributed by atoms with E-state index in [2.05, 4.69) is 6.92 Å². The molecule has 0 saturated carbocycles. The molecular weight excluding hydrogens is 342 g/mol. The highest BCUT2D eigenvalue weighted by Gasteiger charge is 2.30. The number of carbonyl (C=O) groups excluding carboxylic acids is 2. The van der Waals surface area contributed by atoms with Gasteiger partial charge in [-0.2, -0.15) is 0 Å². The van der Waals surface area contributed by atoms with Crippen LogP contribution in [0.1, 0.15) is 91.4 Å². The average molecular weight is 382 g/mol. The first-order valence-electron chi connectivity index (χ1n) is 10.8. The molecule has 1 heterocycles. The van der Waals surface area contributed by atoms with Crippen molar-refractivity contribution in [3.63, 3.8) is 0 Å². The van der Waals surface area contributed by atoms with Crippen LogP contribution in [0.15, 0.2) is 11.6 Å². The van der Waals surface area contributed by atoms with Crippen LogP contribution in [0.4, 0.5) is 0 Å². The average Bonchev–Trinajstić information content (AvgIpc) is 3.08. The zero-order valence-electron chi connectivity index (χ0n) is 17.5. The molecule has 0 aromatic carbocycles. The minimum atomic E-state index is -0.393. The van der Waals surface area contributed by atoms with Gasteiger partial charge in [0, 0.05) is 31.0 Å². The number of aliphatic hydroxyl groups excluding tert-OH is 1. The summed E-state index contributed by atoms with van der Waals surface area (Å²) in [5.74, 6) is -0.142. The number of likely N-dealkylation sites (tertiary alicyclic amines) is 1. The molecule has 5 nitrogen and oxygen atoms in total. The standard InChI is InChI=1S/C22H39NO4/c1-4-5-6-7-8-9-10-13-21(25)23-15-11-12-20(23)17-19(3)27-22(26)18(2)14-16-24/h14,19-20,24H,4-13,15-17H2,1-3H3/b18-14+. The topological polar surface area (TPSA) is 66.8 Å². The number of unbranched alkanes of at least 4 members (excludes halogenated alkanes) is 6. The molecule has 1 N–H and O–H groups in total. The molecule has 1 aliphatic heterocycles. The van der Waals surface area contributed by atoms with Crippen LogP contribution in [0.3, 0.4) is 0 Å². The number of hydrogen-bond donors (Lipinski definition) is 1. The fourth-order valence-electron chi connectivity index (χ4n) is 3.71. The van der Waals surface area contributed by atoms with E-state index in [0.29, 0.717) is 18.4 Å². The monoisotopic (exact) mass is 381 g/mol. The molecule has 1 saturated heterocycles. The molecule has 0 aromatic rings. The van der Waals surface area contributed by atoms with Gasteiger partial charge < -0.3 is 14.7 Å². The number of rotatable bonds is 13. The van der Waals surface area contributed by atoms with Gasteiger partial charge >= 0.3 is 5.97 Å². The maximum absolute atomic E-state index is 12.6. The van der Waals surface area contributed by atoms with E-state index in [-0.39, 0.29) is 24.7 Å². The Morgan fingerprint density at radius 3 is 2.52 bits per heavy atom. The Labute approximate surface area is 165 Å². The third kappa shape index (κ3) is 9.41. The molecule has 5 heteroatoms. The summed E-state index contributed by atoms with van der Waals surface area (Å²) in [6, 6.07) is 0.173. The van der Waals surface area contributed by atoms with Crippen LogP contribution >= 0.6 is 0 Å². The lowest BCUT2D eigenvalue weighted by Gasteiger charge is -2.27. The fraction of sp³-hybridized carbons (Fsp3) is 0.818. The summed E-state index contributed by atoms with van der Waals surface area (Å²) in [7, 11) is 0. The maximum Gasteiger partial charge on any atom is 0.333 e. The van der Waals surface area contributed by atoms with Crippen molar-refractivity contribution in [2.75, 3.05) is 13.2 Å². The Kier molecular flexibility index (Phi) is 12.1. The lowest BCUT2D eigenvalue weighted by molar-refractivity contribution is -0.144. The van der Waals surface area contributed by atoms with Gasteiger partial charge in [0.2, 0.25) is 5.91 Å². The van der Waals surface area contributed by atoms with Crippen LogP contribution in [0.2, 0.25) is 0 Å². The number of esters is 1. The van der Waals surface area contributed by atoms with Gasteiger partial charge in [-0.25, -0.2) is 4.79 Å². The molecule has 1 amide bonds. The van der Waals surface area contributed by atoms with E-state index in [0.717, 1.165) is 32.2 Å². The Morgan fingerprint density at radius 2 is 1.85 bits per heavy atom. The number of hydrogen-bond acceptors (Lipinski definition) is 4. The number of aliphatic hydroxyl groups is 1. The molecule has 2 unspecified atom stereocenters. The van der Waals surface area contributed by atoms with Gasteiger partial charge in [-0.15, -0.1) is 0 Å². The van der Waals surface area contributed by atoms with Crippen molar-refractivity contribution in [3.8, 4) is 0 Å². The first kappa shape index (κ1) is 23.7. The van der Waals surface area contributed by atoms with E-state index in [4.69, 9.17) is 9.84 Å². The second-order valence-electron chi connectivity index (χ2n) is 7.78. The molecule has 1 fully saturated rings. The molecule has 1 aliphatic rings. The second-order valence-corrected chi connectivity index (χ2v) is 7.78. The molecular formula is C22H39NO4. The van der Waals surface area contributed by atoms with E-state index in [1.54, 1.807) is 6.92 Å². The quantitative estimate of drug-likeness (QED) is 0.292. The minimum Gasteiger partial charge on any atom is -0.459 e. The van der Waals surface area contributed by atoms with Gasteiger partial charge in [-0.3, -0.25) is 4.79 Å². The van der Waals surface area contributed by atoms with E-state index in [9.17, 15) is 9.59 Å². The first-order chi connectivity index (χ1) is 13.0. The minimum absolute atomic E-state index is 0.168. The van der Waals surface area contributed by atoms with Crippen LogP contribution in [0.25, 0.3) is 0 Å². The zero-order valence-corrected chi connectivity index (χ0v) is 17.5. The van der Waals surface area contributed by atoms with Gasteiger partial charge in [0.1, 0.15) is 6.10 Å². The van der Waals surface area contributed by atoms with E-state index in [1.807, 2.05) is 11.8 Å². The van der Waals surface area contributed by atoms with Gasteiger partial charge in [0.15, 0.2) is 0 Å². The molecule has 0 aliphatic carbocycles. The lowest BCUT2D eigenvalue weighted by atomic mass is 10.1. The fourth-order valence-corrected chi connectivity index (χ4v) is 3.71. The van der Waals surface area contributed by atoms with E-state index < -0.39 is 5.97 Å². The second kappa shape index (κ2) is 13.8. The largest absolute Gasteiger partial charge is 0.459 e. The van der Waals surface area contributed by atoms with Crippen molar-refractivity contribution in [2.24, 2.45) is 0 Å². The van der Waals surface area contributed by atoms with Crippen molar-refractivity contribution in [2.45, 2.75) is 104 Å². The lowest BCUT2D eigenvalue weighted by Crippen LogP contribution is -2.37. The first-order valence-corrected chi connectivity index (χ1v) is 10.8. The highest BCUT2D eigenvalue weighted by Crippen LogP contribution is 2.24. The third-order valence-electron chi connectivity index (χ3n) is 5.32. The summed E-state index contributed by atoms with van der Waals surface area (Å²) >= 11 is 0. The van der Waals surface area contributed by atoms with Crippen LogP contribution in [-0.4, -0.2) is 47.2 Å². The summed E-state index contributed by atoms with van der Waals surface area (Å²) in [6.45, 7) is 6.39. The number of amides is 1. The number of carbonyl (C=O) groups is 2. The van der Waals surface area contributed by atoms with Crippen molar-refractivity contribution in [1.82, 2.24) is 4.90 Å². The SMILES string of the molecule is CCCCCCCCCC(=O)N1CCCC1CC(C)OC(=O)/C(C)=C/CO. The Balaban J connectivity index is 2.32. The summed E-state index contributed by atoms with van der Waals surface area (Å²) in [5.41, 5.74) is 0.419. The van der Waals surface area contributed by atoms with Crippen LogP contribution in [-0.2, 0) is 14.3 Å². The van der Waals surface area contributed by atoms with Gasteiger partial charge in [0.05, 0.1) is 6.61 Å². The molecule has 1 rings (SSSR count). The van der Waals surface area contributed by atoms with Crippen molar-refractivity contribution < 1.29 is 19.4 Å². The summed E-state index contributed by atoms with van der Waals surface area (Å²) in [5, 5.41) is 8.86. The Bertz CT molecular complexity index is 475. The molecule has 27 heavy (non-hydrogen) atoms. The summed E-state index contributed by atoms with van der Waals surface area (Å²) in [6.07, 6.45) is 13.0. The third-order valence-corrected chi connectivity index (χ3v) is 5.32. The van der Waals surface area contributed by atoms with Crippen LogP contribution in [0, 0.1) is 0 Å².